The second-order valence-corrected chi connectivity index (χ2v) is 4.61. The van der Waals surface area contributed by atoms with Gasteiger partial charge in [0.1, 0.15) is 0 Å². The summed E-state index contributed by atoms with van der Waals surface area (Å²) in [7, 11) is 5.38. The fourth-order valence-electron chi connectivity index (χ4n) is 1.71. The van der Waals surface area contributed by atoms with E-state index < -0.39 is 0 Å². The zero-order valence-electron chi connectivity index (χ0n) is 10.7. The Labute approximate surface area is 96.5 Å². The molecule has 0 aliphatic carbocycles. The van der Waals surface area contributed by atoms with E-state index in [2.05, 4.69) is 39.8 Å². The summed E-state index contributed by atoms with van der Waals surface area (Å²) in [5.41, 5.74) is 1.67. The molecule has 0 aliphatic rings. The number of allylic oxidation sites excluding steroid dienone is 4. The van der Waals surface area contributed by atoms with E-state index in [1.54, 1.807) is 5.97 Å². The SMILES string of the molecule is [B]=C/C=C\C(=C/CC)C(C)(C)CCCC. The van der Waals surface area contributed by atoms with Crippen LogP contribution in [0.25, 0.3) is 0 Å². The van der Waals surface area contributed by atoms with E-state index >= 15 is 0 Å². The Bertz CT molecular complexity index is 234. The normalized spacial score (nSPS) is 13.4. The second kappa shape index (κ2) is 7.67. The summed E-state index contributed by atoms with van der Waals surface area (Å²) >= 11 is 0. The van der Waals surface area contributed by atoms with E-state index in [1.165, 1.54) is 24.8 Å². The maximum absolute atomic E-state index is 5.38. The second-order valence-electron chi connectivity index (χ2n) is 4.61. The first-order chi connectivity index (χ1) is 7.08. The molecule has 0 N–H and O–H groups in total. The van der Waals surface area contributed by atoms with Gasteiger partial charge in [0.05, 0.1) is 0 Å². The monoisotopic (exact) mass is 203 g/mol. The molecule has 0 aromatic carbocycles. The molecule has 0 fully saturated rings. The van der Waals surface area contributed by atoms with Crippen molar-refractivity contribution in [3.63, 3.8) is 0 Å². The molecule has 0 unspecified atom stereocenters. The van der Waals surface area contributed by atoms with Crippen molar-refractivity contribution in [2.45, 2.75) is 53.4 Å². The molecule has 0 aromatic heterocycles. The first-order valence-electron chi connectivity index (χ1n) is 6.00. The van der Waals surface area contributed by atoms with Gasteiger partial charge in [-0.3, -0.25) is 0 Å². The Morgan fingerprint density at radius 2 is 1.93 bits per heavy atom. The molecule has 15 heavy (non-hydrogen) atoms. The van der Waals surface area contributed by atoms with Crippen molar-refractivity contribution < 1.29 is 0 Å². The molecule has 0 amide bonds. The van der Waals surface area contributed by atoms with Crippen molar-refractivity contribution in [1.29, 1.82) is 0 Å². The Morgan fingerprint density at radius 1 is 1.27 bits per heavy atom. The van der Waals surface area contributed by atoms with E-state index in [9.17, 15) is 0 Å². The quantitative estimate of drug-likeness (QED) is 0.432. The molecule has 0 rings (SSSR count). The topological polar surface area (TPSA) is 0 Å². The van der Waals surface area contributed by atoms with Gasteiger partial charge in [-0.1, -0.05) is 0 Å². The molecule has 0 aromatic rings. The van der Waals surface area contributed by atoms with Gasteiger partial charge in [0.2, 0.25) is 0 Å². The Balaban J connectivity index is 4.65. The van der Waals surface area contributed by atoms with Crippen LogP contribution in [0.15, 0.2) is 23.8 Å². The summed E-state index contributed by atoms with van der Waals surface area (Å²) in [6.07, 6.45) is 11.2. The van der Waals surface area contributed by atoms with Crippen LogP contribution in [0.5, 0.6) is 0 Å². The number of rotatable bonds is 7. The van der Waals surface area contributed by atoms with E-state index in [1.807, 2.05) is 6.08 Å². The van der Waals surface area contributed by atoms with Crippen molar-refractivity contribution in [2.75, 3.05) is 0 Å². The average molecular weight is 203 g/mol. The van der Waals surface area contributed by atoms with Gasteiger partial charge in [0, 0.05) is 0 Å². The van der Waals surface area contributed by atoms with Crippen molar-refractivity contribution >= 4 is 13.5 Å². The van der Waals surface area contributed by atoms with Gasteiger partial charge < -0.3 is 0 Å². The van der Waals surface area contributed by atoms with Crippen LogP contribution in [0.1, 0.15) is 53.4 Å². The van der Waals surface area contributed by atoms with E-state index in [0.717, 1.165) is 6.42 Å². The minimum absolute atomic E-state index is 0.269. The predicted molar refractivity (Wildman–Crippen MR) is 72.6 cm³/mol. The summed E-state index contributed by atoms with van der Waals surface area (Å²) in [4.78, 5) is 0. The van der Waals surface area contributed by atoms with Crippen LogP contribution in [0.2, 0.25) is 0 Å². The Morgan fingerprint density at radius 3 is 2.40 bits per heavy atom. The fourth-order valence-corrected chi connectivity index (χ4v) is 1.71. The number of hydrogen-bond donors (Lipinski definition) is 0. The number of hydrogen-bond acceptors (Lipinski definition) is 0. The molecule has 0 atom stereocenters. The van der Waals surface area contributed by atoms with Gasteiger partial charge in [0.15, 0.2) is 0 Å². The first kappa shape index (κ1) is 14.4. The molecule has 0 nitrogen and oxygen atoms in total. The van der Waals surface area contributed by atoms with Gasteiger partial charge in [-0.25, -0.2) is 0 Å². The minimum atomic E-state index is 0.269. The van der Waals surface area contributed by atoms with Gasteiger partial charge in [-0.05, 0) is 0 Å². The van der Waals surface area contributed by atoms with Crippen molar-refractivity contribution in [3.05, 3.63) is 23.8 Å². The van der Waals surface area contributed by atoms with Gasteiger partial charge in [-0.15, -0.1) is 0 Å². The molecular formula is C14H24B. The van der Waals surface area contributed by atoms with Crippen LogP contribution in [0.3, 0.4) is 0 Å². The average Bonchev–Trinajstić information content (AvgIpc) is 2.21. The summed E-state index contributed by atoms with van der Waals surface area (Å²) in [5, 5.41) is 0. The Kier molecular flexibility index (Phi) is 7.37. The van der Waals surface area contributed by atoms with Crippen LogP contribution < -0.4 is 0 Å². The first-order valence-corrected chi connectivity index (χ1v) is 6.00. The Hall–Kier alpha value is -0.585. The summed E-state index contributed by atoms with van der Waals surface area (Å²) in [6.45, 7) is 9.04. The van der Waals surface area contributed by atoms with Crippen LogP contribution in [-0.2, 0) is 0 Å². The van der Waals surface area contributed by atoms with Gasteiger partial charge in [0.25, 0.3) is 0 Å². The summed E-state index contributed by atoms with van der Waals surface area (Å²) in [5.74, 6) is 1.60. The van der Waals surface area contributed by atoms with Crippen LogP contribution in [-0.4, -0.2) is 13.5 Å². The molecule has 0 saturated carbocycles. The molecule has 0 heterocycles. The van der Waals surface area contributed by atoms with Crippen molar-refractivity contribution in [1.82, 2.24) is 0 Å². The summed E-state index contributed by atoms with van der Waals surface area (Å²) in [6, 6.07) is 0. The third kappa shape index (κ3) is 5.76. The standard InChI is InChI=1S/C14H24B/c1-5-7-11-14(3,4)13(9-6-2)10-8-12-15/h8-10,12H,5-7,11H2,1-4H3/b10-8-,13-9+. The number of unbranched alkanes of at least 4 members (excludes halogenated alkanes) is 1. The third-order valence-electron chi connectivity index (χ3n) is 2.75. The van der Waals surface area contributed by atoms with E-state index in [0.29, 0.717) is 0 Å². The molecule has 1 radical (unpaired) electrons. The van der Waals surface area contributed by atoms with Crippen LogP contribution in [0.4, 0.5) is 0 Å². The summed E-state index contributed by atoms with van der Waals surface area (Å²) < 4.78 is 0. The van der Waals surface area contributed by atoms with Crippen molar-refractivity contribution in [3.8, 4) is 0 Å². The molecular weight excluding hydrogens is 179 g/mol. The fraction of sp³-hybridized carbons (Fsp3) is 0.643. The van der Waals surface area contributed by atoms with E-state index in [-0.39, 0.29) is 5.41 Å². The van der Waals surface area contributed by atoms with E-state index in [4.69, 9.17) is 7.49 Å². The van der Waals surface area contributed by atoms with Crippen LogP contribution >= 0.6 is 0 Å². The maximum atomic E-state index is 5.38. The van der Waals surface area contributed by atoms with Crippen LogP contribution in [0, 0.1) is 5.41 Å². The van der Waals surface area contributed by atoms with Gasteiger partial charge >= 0.3 is 96.0 Å². The molecule has 0 bridgehead atoms. The molecule has 0 spiro atoms. The zero-order valence-corrected chi connectivity index (χ0v) is 10.7. The predicted octanol–water partition coefficient (Wildman–Crippen LogP) is 4.07. The molecule has 0 aliphatic heterocycles. The molecule has 1 heteroatoms. The zero-order chi connectivity index (χ0) is 11.7. The van der Waals surface area contributed by atoms with Crippen molar-refractivity contribution in [2.24, 2.45) is 5.41 Å². The molecule has 0 saturated heterocycles. The van der Waals surface area contributed by atoms with Gasteiger partial charge in [-0.2, -0.15) is 0 Å². The third-order valence-corrected chi connectivity index (χ3v) is 2.75. The molecule has 83 valence electrons.